The van der Waals surface area contributed by atoms with E-state index in [0.717, 1.165) is 18.5 Å². The normalized spacial score (nSPS) is 20.3. The summed E-state index contributed by atoms with van der Waals surface area (Å²) in [6, 6.07) is 4.09. The number of likely N-dealkylation sites (tertiary alicyclic amines) is 1. The molecule has 0 spiro atoms. The molecule has 5 nitrogen and oxygen atoms in total. The van der Waals surface area contributed by atoms with Crippen LogP contribution >= 0.6 is 58.8 Å². The highest BCUT2D eigenvalue weighted by Gasteiger charge is 2.34. The molecule has 0 bridgehead atoms. The van der Waals surface area contributed by atoms with Crippen molar-refractivity contribution in [2.45, 2.75) is 25.3 Å². The Bertz CT molecular complexity index is 634. The molecule has 3 rings (SSSR count). The third kappa shape index (κ3) is 6.99. The van der Waals surface area contributed by atoms with E-state index in [2.05, 4.69) is 20.5 Å². The van der Waals surface area contributed by atoms with Gasteiger partial charge in [-0.3, -0.25) is 4.99 Å². The molecule has 1 heterocycles. The van der Waals surface area contributed by atoms with E-state index < -0.39 is 0 Å². The van der Waals surface area contributed by atoms with Crippen molar-refractivity contribution in [1.29, 1.82) is 0 Å². The molecule has 0 aromatic heterocycles. The van der Waals surface area contributed by atoms with Gasteiger partial charge in [0, 0.05) is 31.2 Å². The molecule has 0 radical (unpaired) electrons. The molecule has 2 N–H and O–H groups in total. The number of rotatable bonds is 7. The van der Waals surface area contributed by atoms with Crippen LogP contribution in [0.15, 0.2) is 17.1 Å². The topological polar surface area (TPSA) is 48.9 Å². The van der Waals surface area contributed by atoms with Crippen molar-refractivity contribution in [2.24, 2.45) is 10.9 Å². The van der Waals surface area contributed by atoms with Gasteiger partial charge in [-0.2, -0.15) is 0 Å². The minimum Gasteiger partial charge on any atom is -0.489 e. The quantitative estimate of drug-likeness (QED) is 0.232. The number of nitrogens with one attached hydrogen (secondary N) is 2. The Morgan fingerprint density at radius 1 is 1.19 bits per heavy atom. The molecule has 1 saturated carbocycles. The Balaban J connectivity index is 0.00000261. The van der Waals surface area contributed by atoms with Gasteiger partial charge < -0.3 is 20.3 Å². The first-order valence-electron chi connectivity index (χ1n) is 9.02. The molecule has 1 aromatic rings. The highest BCUT2D eigenvalue weighted by atomic mass is 127. The first kappa shape index (κ1) is 23.1. The lowest BCUT2D eigenvalue weighted by Crippen LogP contribution is -2.41. The zero-order valence-electron chi connectivity index (χ0n) is 15.3. The first-order chi connectivity index (χ1) is 12.6. The number of guanidine groups is 1. The molecule has 27 heavy (non-hydrogen) atoms. The van der Waals surface area contributed by atoms with Crippen LogP contribution in [0.2, 0.25) is 15.1 Å². The molecule has 1 aliphatic heterocycles. The number of nitrogens with zero attached hydrogens (tertiary/aromatic N) is 2. The second-order valence-electron chi connectivity index (χ2n) is 6.81. The predicted molar refractivity (Wildman–Crippen MR) is 124 cm³/mol. The first-order valence-corrected chi connectivity index (χ1v) is 10.2. The molecule has 2 fully saturated rings. The second-order valence-corrected chi connectivity index (χ2v) is 8.06. The van der Waals surface area contributed by atoms with E-state index in [1.807, 2.05) is 0 Å². The van der Waals surface area contributed by atoms with Crippen molar-refractivity contribution < 1.29 is 4.74 Å². The van der Waals surface area contributed by atoms with Gasteiger partial charge in [0.25, 0.3) is 0 Å². The van der Waals surface area contributed by atoms with E-state index in [1.165, 1.54) is 32.4 Å². The molecule has 1 atom stereocenters. The van der Waals surface area contributed by atoms with Crippen LogP contribution in [0, 0.1) is 5.92 Å². The van der Waals surface area contributed by atoms with Gasteiger partial charge in [-0.15, -0.1) is 24.0 Å². The van der Waals surface area contributed by atoms with E-state index in [1.54, 1.807) is 19.2 Å². The van der Waals surface area contributed by atoms with E-state index in [9.17, 15) is 0 Å². The number of aliphatic imine (C=N–C) groups is 1. The Morgan fingerprint density at radius 3 is 2.52 bits per heavy atom. The van der Waals surface area contributed by atoms with Crippen LogP contribution in [-0.4, -0.2) is 56.7 Å². The molecular formula is C18H26Cl3IN4O. The van der Waals surface area contributed by atoms with Crippen molar-refractivity contribution in [3.63, 3.8) is 0 Å². The predicted octanol–water partition coefficient (Wildman–Crippen LogP) is 4.29. The van der Waals surface area contributed by atoms with E-state index in [4.69, 9.17) is 39.5 Å². The van der Waals surface area contributed by atoms with Gasteiger partial charge in [0.15, 0.2) is 11.7 Å². The molecule has 1 aromatic carbocycles. The lowest BCUT2D eigenvalue weighted by molar-refractivity contribution is 0.313. The summed E-state index contributed by atoms with van der Waals surface area (Å²) in [6.07, 6.45) is 4.02. The van der Waals surface area contributed by atoms with Gasteiger partial charge in [-0.25, -0.2) is 0 Å². The maximum atomic E-state index is 6.11. The van der Waals surface area contributed by atoms with Gasteiger partial charge >= 0.3 is 0 Å². The van der Waals surface area contributed by atoms with Crippen LogP contribution in [0.4, 0.5) is 0 Å². The third-order valence-corrected chi connectivity index (χ3v) is 5.55. The number of halogens is 4. The largest absolute Gasteiger partial charge is 0.489 e. The van der Waals surface area contributed by atoms with Crippen LogP contribution in [0.25, 0.3) is 0 Å². The Labute approximate surface area is 193 Å². The van der Waals surface area contributed by atoms with Gasteiger partial charge in [0.05, 0.1) is 16.6 Å². The van der Waals surface area contributed by atoms with Crippen molar-refractivity contribution >= 4 is 64.7 Å². The van der Waals surface area contributed by atoms with E-state index in [-0.39, 0.29) is 24.0 Å². The minimum absolute atomic E-state index is 0. The number of hydrogen-bond donors (Lipinski definition) is 2. The molecular weight excluding hydrogens is 521 g/mol. The Kier molecular flexibility index (Phi) is 9.55. The molecule has 9 heteroatoms. The minimum atomic E-state index is 0. The maximum absolute atomic E-state index is 6.11. The van der Waals surface area contributed by atoms with Crippen molar-refractivity contribution in [3.05, 3.63) is 27.2 Å². The molecule has 2 aliphatic rings. The fourth-order valence-electron chi connectivity index (χ4n) is 3.25. The van der Waals surface area contributed by atoms with Crippen LogP contribution in [0.5, 0.6) is 5.75 Å². The smallest absolute Gasteiger partial charge is 0.191 e. The summed E-state index contributed by atoms with van der Waals surface area (Å²) in [5, 5.41) is 7.96. The van der Waals surface area contributed by atoms with Gasteiger partial charge in [-0.1, -0.05) is 34.8 Å². The van der Waals surface area contributed by atoms with Crippen molar-refractivity contribution in [1.82, 2.24) is 15.5 Å². The summed E-state index contributed by atoms with van der Waals surface area (Å²) in [5.74, 6) is 1.93. The van der Waals surface area contributed by atoms with Gasteiger partial charge in [-0.05, 0) is 43.9 Å². The maximum Gasteiger partial charge on any atom is 0.191 e. The summed E-state index contributed by atoms with van der Waals surface area (Å²) < 4.78 is 5.67. The average molecular weight is 548 g/mol. The summed E-state index contributed by atoms with van der Waals surface area (Å²) in [4.78, 5) is 6.88. The molecule has 1 unspecified atom stereocenters. The van der Waals surface area contributed by atoms with E-state index >= 15 is 0 Å². The average Bonchev–Trinajstić information content (AvgIpc) is 3.34. The van der Waals surface area contributed by atoms with Crippen molar-refractivity contribution in [2.75, 3.05) is 39.8 Å². The lowest BCUT2D eigenvalue weighted by atomic mass is 10.1. The SMILES string of the molecule is CN=C(NCCOc1c(Cl)cc(Cl)cc1Cl)NCC1CCN(C2CC2)C1.I. The van der Waals surface area contributed by atoms with Crippen LogP contribution in [0.3, 0.4) is 0 Å². The molecule has 1 aliphatic carbocycles. The second kappa shape index (κ2) is 11.1. The summed E-state index contributed by atoms with van der Waals surface area (Å²) in [6.45, 7) is 4.39. The number of hydrogen-bond acceptors (Lipinski definition) is 3. The highest BCUT2D eigenvalue weighted by molar-refractivity contribution is 14.0. The fraction of sp³-hybridized carbons (Fsp3) is 0.611. The Morgan fingerprint density at radius 2 is 1.89 bits per heavy atom. The van der Waals surface area contributed by atoms with Gasteiger partial charge in [0.2, 0.25) is 0 Å². The summed E-state index contributed by atoms with van der Waals surface area (Å²) in [7, 11) is 1.77. The van der Waals surface area contributed by atoms with Crippen LogP contribution in [0.1, 0.15) is 19.3 Å². The van der Waals surface area contributed by atoms with Crippen LogP contribution < -0.4 is 15.4 Å². The third-order valence-electron chi connectivity index (χ3n) is 4.77. The van der Waals surface area contributed by atoms with E-state index in [0.29, 0.717) is 39.9 Å². The van der Waals surface area contributed by atoms with Crippen molar-refractivity contribution in [3.8, 4) is 5.75 Å². The summed E-state index contributed by atoms with van der Waals surface area (Å²) in [5.41, 5.74) is 0. The number of benzene rings is 1. The zero-order valence-corrected chi connectivity index (χ0v) is 19.9. The zero-order chi connectivity index (χ0) is 18.5. The summed E-state index contributed by atoms with van der Waals surface area (Å²) >= 11 is 18.1. The monoisotopic (exact) mass is 546 g/mol. The molecule has 152 valence electrons. The fourth-order valence-corrected chi connectivity index (χ4v) is 4.18. The number of ether oxygens (including phenoxy) is 1. The van der Waals surface area contributed by atoms with Crippen LogP contribution in [-0.2, 0) is 0 Å². The lowest BCUT2D eigenvalue weighted by Gasteiger charge is -2.17. The van der Waals surface area contributed by atoms with Gasteiger partial charge in [0.1, 0.15) is 6.61 Å². The standard InChI is InChI=1S/C18H25Cl3N4O.HI/c1-22-18(24-10-12-4-6-25(11-12)14-2-3-14)23-5-7-26-17-15(20)8-13(19)9-16(17)21;/h8-9,12,14H,2-7,10-11H2,1H3,(H2,22,23,24);1H. The molecule has 0 amide bonds. The Hall–Kier alpha value is -0.150. The highest BCUT2D eigenvalue weighted by Crippen LogP contribution is 2.35. The molecule has 1 saturated heterocycles.